The molecule has 1 fully saturated rings. The molecule has 0 spiro atoms. The summed E-state index contributed by atoms with van der Waals surface area (Å²) in [7, 11) is 0. The Bertz CT molecular complexity index is 397. The van der Waals surface area contributed by atoms with Gasteiger partial charge in [0.25, 0.3) is 0 Å². The maximum atomic E-state index is 5.71. The Hall–Kier alpha value is -1.26. The van der Waals surface area contributed by atoms with Crippen molar-refractivity contribution in [2.75, 3.05) is 26.2 Å². The highest BCUT2D eigenvalue weighted by atomic mass is 32.1. The van der Waals surface area contributed by atoms with E-state index in [0.29, 0.717) is 0 Å². The lowest BCUT2D eigenvalue weighted by Crippen LogP contribution is -2.25. The highest BCUT2D eigenvalue weighted by Gasteiger charge is 2.10. The van der Waals surface area contributed by atoms with Crippen LogP contribution in [-0.2, 0) is 0 Å². The zero-order valence-electron chi connectivity index (χ0n) is 10.4. The van der Waals surface area contributed by atoms with Crippen LogP contribution in [-0.4, -0.2) is 42.7 Å². The number of nitrogens with zero attached hydrogens (tertiary/aromatic N) is 2. The third-order valence-corrected chi connectivity index (χ3v) is 3.12. The number of likely N-dealkylation sites (tertiary alicyclic amines) is 1. The number of ether oxygens (including phenoxy) is 1. The largest absolute Gasteiger partial charge is 0.492 e. The molecule has 4 heteroatoms. The molecule has 0 amide bonds. The number of thiocarbonyl (C=S) groups is 1. The van der Waals surface area contributed by atoms with Gasteiger partial charge in [-0.15, -0.1) is 0 Å². The van der Waals surface area contributed by atoms with Crippen molar-refractivity contribution in [2.24, 2.45) is 4.99 Å². The van der Waals surface area contributed by atoms with E-state index < -0.39 is 0 Å². The van der Waals surface area contributed by atoms with E-state index in [1.54, 1.807) is 6.21 Å². The molecular weight excluding hydrogens is 244 g/mol. The van der Waals surface area contributed by atoms with E-state index in [1.807, 2.05) is 24.3 Å². The summed E-state index contributed by atoms with van der Waals surface area (Å²) < 4.78 is 5.71. The fourth-order valence-corrected chi connectivity index (χ4v) is 2.10. The maximum Gasteiger partial charge on any atom is 0.119 e. The average molecular weight is 262 g/mol. The molecule has 1 aromatic rings. The summed E-state index contributed by atoms with van der Waals surface area (Å²) in [6.45, 7) is 4.20. The third-order valence-electron chi connectivity index (χ3n) is 3.00. The first kappa shape index (κ1) is 13.2. The Kier molecular flexibility index (Phi) is 5.30. The first-order valence-corrected chi connectivity index (χ1v) is 6.79. The van der Waals surface area contributed by atoms with Crippen LogP contribution in [0.5, 0.6) is 5.75 Å². The molecule has 0 unspecified atom stereocenters. The monoisotopic (exact) mass is 262 g/mol. The summed E-state index contributed by atoms with van der Waals surface area (Å²) in [6.07, 6.45) is 4.26. The van der Waals surface area contributed by atoms with E-state index in [4.69, 9.17) is 4.74 Å². The van der Waals surface area contributed by atoms with Gasteiger partial charge in [0, 0.05) is 18.1 Å². The highest BCUT2D eigenvalue weighted by Crippen LogP contribution is 2.17. The molecule has 0 saturated carbocycles. The first-order valence-electron chi connectivity index (χ1n) is 6.31. The summed E-state index contributed by atoms with van der Waals surface area (Å²) in [6, 6.07) is 7.75. The van der Waals surface area contributed by atoms with Gasteiger partial charge in [0.05, 0.1) is 5.69 Å². The Morgan fingerprint density at radius 2 is 1.94 bits per heavy atom. The van der Waals surface area contributed by atoms with Crippen LogP contribution in [0, 0.1) is 0 Å². The molecule has 1 heterocycles. The second kappa shape index (κ2) is 7.24. The van der Waals surface area contributed by atoms with Crippen LogP contribution in [0.3, 0.4) is 0 Å². The van der Waals surface area contributed by atoms with Crippen molar-refractivity contribution < 1.29 is 4.74 Å². The Morgan fingerprint density at radius 1 is 1.22 bits per heavy atom. The molecule has 0 aliphatic carbocycles. The van der Waals surface area contributed by atoms with Gasteiger partial charge < -0.3 is 4.74 Å². The Labute approximate surface area is 113 Å². The van der Waals surface area contributed by atoms with Crippen molar-refractivity contribution in [3.05, 3.63) is 24.3 Å². The summed E-state index contributed by atoms with van der Waals surface area (Å²) in [5, 5.41) is 1.50. The van der Waals surface area contributed by atoms with Gasteiger partial charge in [-0.25, -0.2) is 0 Å². The van der Waals surface area contributed by atoms with Gasteiger partial charge in [-0.1, -0.05) is 12.2 Å². The van der Waals surface area contributed by atoms with Crippen LogP contribution in [0.1, 0.15) is 12.8 Å². The van der Waals surface area contributed by atoms with Gasteiger partial charge in [0.1, 0.15) is 12.4 Å². The fraction of sp³-hybridized carbons (Fsp3) is 0.429. The number of rotatable bonds is 6. The average Bonchev–Trinajstić information content (AvgIpc) is 2.91. The van der Waals surface area contributed by atoms with Gasteiger partial charge in [-0.2, -0.15) is 0 Å². The lowest BCUT2D eigenvalue weighted by atomic mass is 10.3. The maximum absolute atomic E-state index is 5.71. The van der Waals surface area contributed by atoms with Gasteiger partial charge in [0.15, 0.2) is 0 Å². The molecule has 1 aliphatic heterocycles. The Morgan fingerprint density at radius 3 is 2.61 bits per heavy atom. The molecule has 2 rings (SSSR count). The second-order valence-electron chi connectivity index (χ2n) is 4.31. The zero-order chi connectivity index (χ0) is 12.6. The summed E-state index contributed by atoms with van der Waals surface area (Å²) in [4.78, 5) is 6.60. The van der Waals surface area contributed by atoms with Crippen molar-refractivity contribution in [1.29, 1.82) is 0 Å². The van der Waals surface area contributed by atoms with Gasteiger partial charge in [-0.05, 0) is 50.2 Å². The minimum atomic E-state index is 0.753. The minimum Gasteiger partial charge on any atom is -0.492 e. The molecule has 0 bridgehead atoms. The van der Waals surface area contributed by atoms with E-state index in [2.05, 4.69) is 22.1 Å². The lowest BCUT2D eigenvalue weighted by molar-refractivity contribution is 0.238. The van der Waals surface area contributed by atoms with Crippen molar-refractivity contribution in [3.8, 4) is 5.75 Å². The molecule has 0 radical (unpaired) electrons. The van der Waals surface area contributed by atoms with Gasteiger partial charge in [0.2, 0.25) is 0 Å². The number of hydrogen-bond donors (Lipinski definition) is 0. The molecule has 1 aromatic carbocycles. The van der Waals surface area contributed by atoms with Gasteiger partial charge >= 0.3 is 0 Å². The van der Waals surface area contributed by atoms with Gasteiger partial charge in [-0.3, -0.25) is 9.89 Å². The first-order chi connectivity index (χ1) is 8.88. The molecule has 0 aromatic heterocycles. The highest BCUT2D eigenvalue weighted by molar-refractivity contribution is 7.80. The molecule has 0 N–H and O–H groups in total. The topological polar surface area (TPSA) is 24.8 Å². The van der Waals surface area contributed by atoms with E-state index in [-0.39, 0.29) is 0 Å². The zero-order valence-corrected chi connectivity index (χ0v) is 11.2. The van der Waals surface area contributed by atoms with Crippen molar-refractivity contribution in [3.63, 3.8) is 0 Å². The smallest absolute Gasteiger partial charge is 0.119 e. The quantitative estimate of drug-likeness (QED) is 0.582. The SMILES string of the molecule is S=CC=Nc1ccc(OCCN2CCCC2)cc1. The normalized spacial score (nSPS) is 16.2. The summed E-state index contributed by atoms with van der Waals surface area (Å²) in [5.74, 6) is 0.899. The van der Waals surface area contributed by atoms with Crippen LogP contribution in [0.25, 0.3) is 0 Å². The van der Waals surface area contributed by atoms with Crippen molar-refractivity contribution in [2.45, 2.75) is 12.8 Å². The van der Waals surface area contributed by atoms with E-state index in [9.17, 15) is 0 Å². The number of hydrogen-bond acceptors (Lipinski definition) is 4. The molecule has 0 atom stereocenters. The number of aliphatic imine (C=N–C) groups is 1. The van der Waals surface area contributed by atoms with Crippen LogP contribution >= 0.6 is 12.2 Å². The van der Waals surface area contributed by atoms with Crippen LogP contribution in [0.15, 0.2) is 29.3 Å². The predicted octanol–water partition coefficient (Wildman–Crippen LogP) is 2.86. The molecule has 1 saturated heterocycles. The molecule has 3 nitrogen and oxygen atoms in total. The standard InChI is InChI=1S/C14H18N2OS/c18-12-7-15-13-3-5-14(6-4-13)17-11-10-16-8-1-2-9-16/h3-7,12H,1-2,8-11H2. The second-order valence-corrected chi connectivity index (χ2v) is 4.58. The summed E-state index contributed by atoms with van der Waals surface area (Å²) >= 11 is 4.68. The predicted molar refractivity (Wildman–Crippen MR) is 79.4 cm³/mol. The number of benzene rings is 1. The molecule has 1 aliphatic rings. The summed E-state index contributed by atoms with van der Waals surface area (Å²) in [5.41, 5.74) is 0.892. The lowest BCUT2D eigenvalue weighted by Gasteiger charge is -2.14. The third kappa shape index (κ3) is 4.20. The van der Waals surface area contributed by atoms with Crippen LogP contribution in [0.2, 0.25) is 0 Å². The van der Waals surface area contributed by atoms with E-state index >= 15 is 0 Å². The van der Waals surface area contributed by atoms with E-state index in [1.165, 1.54) is 31.3 Å². The minimum absolute atomic E-state index is 0.753. The van der Waals surface area contributed by atoms with Crippen molar-refractivity contribution >= 4 is 29.5 Å². The molecule has 96 valence electrons. The van der Waals surface area contributed by atoms with Crippen molar-refractivity contribution in [1.82, 2.24) is 4.90 Å². The van der Waals surface area contributed by atoms with E-state index in [0.717, 1.165) is 24.6 Å². The molecular formula is C14H18N2OS. The van der Waals surface area contributed by atoms with Crippen LogP contribution in [0.4, 0.5) is 5.69 Å². The Balaban J connectivity index is 1.75. The fourth-order valence-electron chi connectivity index (χ4n) is 2.04. The molecule has 18 heavy (non-hydrogen) atoms. The van der Waals surface area contributed by atoms with Crippen LogP contribution < -0.4 is 4.74 Å².